The van der Waals surface area contributed by atoms with Gasteiger partial charge < -0.3 is 10.0 Å². The minimum absolute atomic E-state index is 0.0441. The topological polar surface area (TPSA) is 77.2 Å². The van der Waals surface area contributed by atoms with Crippen molar-refractivity contribution in [1.82, 2.24) is 9.88 Å². The summed E-state index contributed by atoms with van der Waals surface area (Å²) in [7, 11) is 0. The lowest BCUT2D eigenvalue weighted by atomic mass is 10.1. The molecular formula is C15H19N3O2. The first-order valence-electron chi connectivity index (χ1n) is 6.97. The summed E-state index contributed by atoms with van der Waals surface area (Å²) in [6.07, 6.45) is 4.22. The Balaban J connectivity index is 2.22. The number of aliphatic hydroxyl groups is 1. The van der Waals surface area contributed by atoms with Gasteiger partial charge in [-0.25, -0.2) is 4.98 Å². The average Bonchev–Trinajstić information content (AvgIpc) is 2.97. The second-order valence-electron chi connectivity index (χ2n) is 5.10. The van der Waals surface area contributed by atoms with Crippen LogP contribution in [0.2, 0.25) is 0 Å². The van der Waals surface area contributed by atoms with Gasteiger partial charge in [-0.2, -0.15) is 5.26 Å². The number of amides is 1. The lowest BCUT2D eigenvalue weighted by Crippen LogP contribution is -2.41. The zero-order valence-corrected chi connectivity index (χ0v) is 11.7. The first-order chi connectivity index (χ1) is 9.67. The van der Waals surface area contributed by atoms with Gasteiger partial charge in [0.05, 0.1) is 17.9 Å². The predicted molar refractivity (Wildman–Crippen MR) is 74.1 cm³/mol. The normalized spacial score (nSPS) is 15.1. The van der Waals surface area contributed by atoms with Crippen molar-refractivity contribution in [3.8, 4) is 6.07 Å². The molecule has 106 valence electrons. The van der Waals surface area contributed by atoms with Gasteiger partial charge in [0.15, 0.2) is 0 Å². The highest BCUT2D eigenvalue weighted by atomic mass is 16.3. The van der Waals surface area contributed by atoms with Crippen molar-refractivity contribution in [1.29, 1.82) is 5.26 Å². The number of aliphatic hydroxyl groups excluding tert-OH is 1. The number of aryl methyl sites for hydroxylation is 1. The van der Waals surface area contributed by atoms with Crippen molar-refractivity contribution in [3.63, 3.8) is 0 Å². The molecule has 1 amide bonds. The van der Waals surface area contributed by atoms with E-state index in [4.69, 9.17) is 5.26 Å². The molecule has 1 aliphatic rings. The summed E-state index contributed by atoms with van der Waals surface area (Å²) in [5.41, 5.74) is 1.40. The van der Waals surface area contributed by atoms with Crippen LogP contribution in [-0.2, 0) is 0 Å². The second-order valence-corrected chi connectivity index (χ2v) is 5.10. The van der Waals surface area contributed by atoms with Crippen LogP contribution in [0, 0.1) is 18.3 Å². The molecule has 1 fully saturated rings. The van der Waals surface area contributed by atoms with Crippen molar-refractivity contribution in [3.05, 3.63) is 29.1 Å². The van der Waals surface area contributed by atoms with Crippen molar-refractivity contribution in [2.75, 3.05) is 13.2 Å². The summed E-state index contributed by atoms with van der Waals surface area (Å²) in [4.78, 5) is 18.5. The lowest BCUT2D eigenvalue weighted by Gasteiger charge is -2.28. The maximum Gasteiger partial charge on any atom is 0.272 e. The first-order valence-corrected chi connectivity index (χ1v) is 6.97. The molecule has 1 saturated carbocycles. The average molecular weight is 273 g/mol. The molecule has 20 heavy (non-hydrogen) atoms. The first kappa shape index (κ1) is 14.5. The Morgan fingerprint density at radius 2 is 2.20 bits per heavy atom. The SMILES string of the molecule is Cc1nc(C(=O)N(CCO)C2CCCC2)ccc1C#N. The molecule has 1 N–H and O–H groups in total. The van der Waals surface area contributed by atoms with Crippen LogP contribution in [0.15, 0.2) is 12.1 Å². The molecule has 0 aliphatic heterocycles. The maximum atomic E-state index is 12.5. The fourth-order valence-corrected chi connectivity index (χ4v) is 2.72. The maximum absolute atomic E-state index is 12.5. The molecule has 0 aromatic carbocycles. The highest BCUT2D eigenvalue weighted by Crippen LogP contribution is 2.24. The second kappa shape index (κ2) is 6.49. The van der Waals surface area contributed by atoms with Gasteiger partial charge >= 0.3 is 0 Å². The quantitative estimate of drug-likeness (QED) is 0.904. The van der Waals surface area contributed by atoms with E-state index < -0.39 is 0 Å². The Bertz CT molecular complexity index is 530. The standard InChI is InChI=1S/C15H19N3O2/c1-11-12(10-16)6-7-14(17-11)15(20)18(8-9-19)13-4-2-3-5-13/h6-7,13,19H,2-5,8-9H2,1H3. The zero-order valence-electron chi connectivity index (χ0n) is 11.7. The number of nitriles is 1. The van der Waals surface area contributed by atoms with Crippen LogP contribution in [0.25, 0.3) is 0 Å². The minimum atomic E-state index is -0.154. The van der Waals surface area contributed by atoms with Crippen LogP contribution >= 0.6 is 0 Å². The van der Waals surface area contributed by atoms with Crippen molar-refractivity contribution >= 4 is 5.91 Å². The van der Waals surface area contributed by atoms with Gasteiger partial charge in [0, 0.05) is 12.6 Å². The van der Waals surface area contributed by atoms with E-state index in [2.05, 4.69) is 4.98 Å². The van der Waals surface area contributed by atoms with Crippen LogP contribution in [0.5, 0.6) is 0 Å². The molecule has 0 unspecified atom stereocenters. The fraction of sp³-hybridized carbons (Fsp3) is 0.533. The molecule has 1 aromatic heterocycles. The highest BCUT2D eigenvalue weighted by molar-refractivity contribution is 5.92. The van der Waals surface area contributed by atoms with Crippen molar-refractivity contribution < 1.29 is 9.90 Å². The summed E-state index contributed by atoms with van der Waals surface area (Å²) < 4.78 is 0. The van der Waals surface area contributed by atoms with Gasteiger partial charge in [0.2, 0.25) is 0 Å². The molecule has 0 saturated heterocycles. The van der Waals surface area contributed by atoms with E-state index in [0.717, 1.165) is 25.7 Å². The predicted octanol–water partition coefficient (Wildman–Crippen LogP) is 1.64. The van der Waals surface area contributed by atoms with Crippen LogP contribution < -0.4 is 0 Å². The van der Waals surface area contributed by atoms with E-state index in [1.54, 1.807) is 24.0 Å². The van der Waals surface area contributed by atoms with Crippen LogP contribution in [0.4, 0.5) is 0 Å². The molecular weight excluding hydrogens is 254 g/mol. The number of pyridine rings is 1. The molecule has 5 heteroatoms. The van der Waals surface area contributed by atoms with E-state index in [9.17, 15) is 9.90 Å². The number of carbonyl (C=O) groups is 1. The number of carbonyl (C=O) groups excluding carboxylic acids is 1. The van der Waals surface area contributed by atoms with Gasteiger partial charge in [-0.15, -0.1) is 0 Å². The van der Waals surface area contributed by atoms with Crippen LogP contribution in [-0.4, -0.2) is 40.1 Å². The Morgan fingerprint density at radius 1 is 1.50 bits per heavy atom. The molecule has 1 heterocycles. The molecule has 1 aliphatic carbocycles. The van der Waals surface area contributed by atoms with Gasteiger partial charge in [-0.3, -0.25) is 4.79 Å². The summed E-state index contributed by atoms with van der Waals surface area (Å²) in [5, 5.41) is 18.1. The van der Waals surface area contributed by atoms with Crippen molar-refractivity contribution in [2.45, 2.75) is 38.6 Å². The number of nitrogens with zero attached hydrogens (tertiary/aromatic N) is 3. The number of aromatic nitrogens is 1. The summed E-state index contributed by atoms with van der Waals surface area (Å²) in [6.45, 7) is 2.02. The smallest absolute Gasteiger partial charge is 0.272 e. The Morgan fingerprint density at radius 3 is 2.75 bits per heavy atom. The third kappa shape index (κ3) is 2.97. The summed E-state index contributed by atoms with van der Waals surface area (Å²) >= 11 is 0. The lowest BCUT2D eigenvalue weighted by molar-refractivity contribution is 0.0632. The number of hydrogen-bond acceptors (Lipinski definition) is 4. The Kier molecular flexibility index (Phi) is 4.70. The Hall–Kier alpha value is -1.93. The molecule has 0 radical (unpaired) electrons. The van der Waals surface area contributed by atoms with E-state index >= 15 is 0 Å². The van der Waals surface area contributed by atoms with Crippen LogP contribution in [0.1, 0.15) is 47.4 Å². The number of hydrogen-bond donors (Lipinski definition) is 1. The van der Waals surface area contributed by atoms with E-state index in [1.165, 1.54) is 0 Å². The molecule has 1 aromatic rings. The van der Waals surface area contributed by atoms with Crippen LogP contribution in [0.3, 0.4) is 0 Å². The van der Waals surface area contributed by atoms with E-state index in [-0.39, 0.29) is 18.6 Å². The van der Waals surface area contributed by atoms with Crippen molar-refractivity contribution in [2.24, 2.45) is 0 Å². The third-order valence-corrected chi connectivity index (χ3v) is 3.79. The van der Waals surface area contributed by atoms with Gasteiger partial charge in [-0.05, 0) is 31.9 Å². The fourth-order valence-electron chi connectivity index (χ4n) is 2.72. The van der Waals surface area contributed by atoms with Gasteiger partial charge in [0.1, 0.15) is 11.8 Å². The molecule has 0 atom stereocenters. The monoisotopic (exact) mass is 273 g/mol. The highest BCUT2D eigenvalue weighted by Gasteiger charge is 2.27. The van der Waals surface area contributed by atoms with E-state index in [0.29, 0.717) is 23.5 Å². The Labute approximate surface area is 118 Å². The zero-order chi connectivity index (χ0) is 14.5. The van der Waals surface area contributed by atoms with E-state index in [1.807, 2.05) is 6.07 Å². The number of rotatable bonds is 4. The minimum Gasteiger partial charge on any atom is -0.395 e. The van der Waals surface area contributed by atoms with Gasteiger partial charge in [-0.1, -0.05) is 12.8 Å². The molecule has 0 spiro atoms. The molecule has 0 bridgehead atoms. The van der Waals surface area contributed by atoms with Gasteiger partial charge in [0.25, 0.3) is 5.91 Å². The molecule has 5 nitrogen and oxygen atoms in total. The third-order valence-electron chi connectivity index (χ3n) is 3.79. The summed E-state index contributed by atoms with van der Waals surface area (Å²) in [6, 6.07) is 5.46. The summed E-state index contributed by atoms with van der Waals surface area (Å²) in [5.74, 6) is -0.154. The molecule has 2 rings (SSSR count). The largest absolute Gasteiger partial charge is 0.395 e.